The highest BCUT2D eigenvalue weighted by Gasteiger charge is 2.23. The second kappa shape index (κ2) is 29.3. The molecule has 8 nitrogen and oxygen atoms in total. The molecule has 2 N–H and O–H groups in total. The van der Waals surface area contributed by atoms with Gasteiger partial charge in [0, 0.05) is 73.6 Å². The summed E-state index contributed by atoms with van der Waals surface area (Å²) in [6.07, 6.45) is 0. The standard InChI is InChI=1S/C45H29N3S.C24H17BO2S.C21H14ClN3/c1-5-14-30(15-6-1)32-24-26-35(27-25-32)44-46-43(34-20-11-4-12-21-34)47-45(48-44)40-29-36(31-16-7-2-8-17-31)28-39-38-23-13-22-37(41(38)49-42(39)40)33-18-9-3-10-19-33;26-25(27)22-15-18(16-8-3-1-4-9-16)14-21-20-13-7-12-19(23(20)28-24(21)22)17-10-5-2-6-11-17;22-21-24-19(17-9-5-2-6-10-17)23-20(25-21)18-13-11-16(12-14-18)15-7-3-1-4-8-15/h1-29H;1-15,26-27H;1-14H. The predicted molar refractivity (Wildman–Crippen MR) is 427 cm³/mol. The molecule has 4 heterocycles. The lowest BCUT2D eigenvalue weighted by Gasteiger charge is -2.11. The van der Waals surface area contributed by atoms with Crippen LogP contribution in [0.25, 0.3) is 164 Å². The van der Waals surface area contributed by atoms with Crippen molar-refractivity contribution >= 4 is 87.2 Å². The van der Waals surface area contributed by atoms with Gasteiger partial charge in [-0.25, -0.2) is 19.9 Å². The first-order valence-electron chi connectivity index (χ1n) is 33.5. The van der Waals surface area contributed by atoms with E-state index in [2.05, 4.69) is 227 Å². The van der Waals surface area contributed by atoms with Crippen LogP contribution in [0.3, 0.4) is 0 Å². The van der Waals surface area contributed by atoms with Gasteiger partial charge in [-0.1, -0.05) is 334 Å². The van der Waals surface area contributed by atoms with Crippen LogP contribution in [0.4, 0.5) is 0 Å². The third kappa shape index (κ3) is 13.7. The Bertz CT molecular complexity index is 5950. The fraction of sp³-hybridized carbons (Fsp3) is 0. The molecule has 0 saturated heterocycles. The molecule has 0 unspecified atom stereocenters. The normalized spacial score (nSPS) is 11.1. The molecule has 18 aromatic rings. The van der Waals surface area contributed by atoms with E-state index in [1.807, 2.05) is 151 Å². The van der Waals surface area contributed by atoms with Gasteiger partial charge in [-0.2, -0.15) is 9.97 Å². The topological polar surface area (TPSA) is 118 Å². The van der Waals surface area contributed by atoms with Crippen molar-refractivity contribution in [3.63, 3.8) is 0 Å². The summed E-state index contributed by atoms with van der Waals surface area (Å²) in [5.41, 5.74) is 19.0. The van der Waals surface area contributed by atoms with Gasteiger partial charge in [-0.15, -0.1) is 22.7 Å². The molecule has 0 spiro atoms. The zero-order valence-corrected chi connectivity index (χ0v) is 57.2. The minimum atomic E-state index is -1.51. The number of hydrogen-bond donors (Lipinski definition) is 2. The molecule has 0 saturated carbocycles. The summed E-state index contributed by atoms with van der Waals surface area (Å²) in [5.74, 6) is 3.10. The van der Waals surface area contributed by atoms with Crippen LogP contribution in [0.5, 0.6) is 0 Å². The molecule has 0 fully saturated rings. The number of nitrogens with zero attached hydrogens (tertiary/aromatic N) is 6. The van der Waals surface area contributed by atoms with Crippen LogP contribution in [-0.4, -0.2) is 47.1 Å². The Hall–Kier alpha value is -12.2. The third-order valence-corrected chi connectivity index (χ3v) is 20.7. The number of halogens is 1. The largest absolute Gasteiger partial charge is 0.489 e. The molecule has 18 rings (SSSR count). The first-order valence-corrected chi connectivity index (χ1v) is 35.5. The van der Waals surface area contributed by atoms with Gasteiger partial charge in [-0.05, 0) is 96.6 Å². The summed E-state index contributed by atoms with van der Waals surface area (Å²) >= 11 is 9.55. The van der Waals surface area contributed by atoms with Gasteiger partial charge in [0.2, 0.25) is 5.28 Å². The molecule has 484 valence electrons. The summed E-state index contributed by atoms with van der Waals surface area (Å²) in [4.78, 5) is 28.5. The molecule has 0 aliphatic carbocycles. The Balaban J connectivity index is 0.000000129. The summed E-state index contributed by atoms with van der Waals surface area (Å²) < 4.78 is 4.50. The predicted octanol–water partition coefficient (Wildman–Crippen LogP) is 22.8. The van der Waals surface area contributed by atoms with E-state index >= 15 is 0 Å². The lowest BCUT2D eigenvalue weighted by atomic mass is 9.78. The molecule has 12 heteroatoms. The molecule has 0 radical (unpaired) electrons. The first-order chi connectivity index (χ1) is 50.3. The van der Waals surface area contributed by atoms with E-state index in [1.54, 1.807) is 11.3 Å². The Labute approximate surface area is 603 Å². The second-order valence-electron chi connectivity index (χ2n) is 24.4. The number of thiophene rings is 2. The lowest BCUT2D eigenvalue weighted by molar-refractivity contribution is 0.426. The molecule has 0 atom stereocenters. The van der Waals surface area contributed by atoms with Gasteiger partial charge in [0.15, 0.2) is 29.1 Å². The molecular weight excluding hydrogens is 1310 g/mol. The second-order valence-corrected chi connectivity index (χ2v) is 26.8. The molecule has 0 aliphatic rings. The van der Waals surface area contributed by atoms with Crippen LogP contribution in [0.15, 0.2) is 352 Å². The number of hydrogen-bond acceptors (Lipinski definition) is 10. The highest BCUT2D eigenvalue weighted by atomic mass is 35.5. The average Bonchev–Trinajstić information content (AvgIpc) is 1.58. The van der Waals surface area contributed by atoms with Crippen LogP contribution in [0.2, 0.25) is 5.28 Å². The van der Waals surface area contributed by atoms with Crippen LogP contribution in [0, 0.1) is 0 Å². The molecule has 4 aromatic heterocycles. The third-order valence-electron chi connectivity index (χ3n) is 17.9. The maximum absolute atomic E-state index is 10.1. The molecule has 0 bridgehead atoms. The molecule has 0 amide bonds. The average molecular weight is 1370 g/mol. The monoisotopic (exact) mass is 1370 g/mol. The Kier molecular flexibility index (Phi) is 18.5. The van der Waals surface area contributed by atoms with E-state index in [-0.39, 0.29) is 5.28 Å². The maximum atomic E-state index is 10.1. The molecule has 0 aliphatic heterocycles. The zero-order valence-electron chi connectivity index (χ0n) is 54.8. The number of rotatable bonds is 12. The summed E-state index contributed by atoms with van der Waals surface area (Å²) in [7, 11) is -1.51. The Morgan fingerprint density at radius 2 is 0.490 bits per heavy atom. The summed E-state index contributed by atoms with van der Waals surface area (Å²) in [6, 6.07) is 120. The van der Waals surface area contributed by atoms with E-state index in [0.717, 1.165) is 91.6 Å². The van der Waals surface area contributed by atoms with Gasteiger partial charge in [-0.3, -0.25) is 0 Å². The van der Waals surface area contributed by atoms with Gasteiger partial charge in [0.25, 0.3) is 0 Å². The van der Waals surface area contributed by atoms with E-state index in [9.17, 15) is 10.0 Å². The zero-order chi connectivity index (χ0) is 68.7. The minimum Gasteiger partial charge on any atom is -0.423 e. The van der Waals surface area contributed by atoms with E-state index in [4.69, 9.17) is 26.6 Å². The van der Waals surface area contributed by atoms with Gasteiger partial charge < -0.3 is 10.0 Å². The summed E-state index contributed by atoms with van der Waals surface area (Å²) in [5, 5.41) is 25.0. The van der Waals surface area contributed by atoms with Gasteiger partial charge >= 0.3 is 7.12 Å². The fourth-order valence-electron chi connectivity index (χ4n) is 12.9. The molecule has 14 aromatic carbocycles. The quantitative estimate of drug-likeness (QED) is 0.116. The Morgan fingerprint density at radius 3 is 0.873 bits per heavy atom. The summed E-state index contributed by atoms with van der Waals surface area (Å²) in [6.45, 7) is 0. The Morgan fingerprint density at radius 1 is 0.216 bits per heavy atom. The SMILES string of the molecule is Clc1nc(-c2ccccc2)nc(-c2ccc(-c3ccccc3)cc2)n1.OB(O)c1cc(-c2ccccc2)cc2c1sc1c(-c3ccccc3)cccc12.c1ccc(-c2ccc(-c3nc(-c4ccccc4)nc(-c4cc(-c5ccccc5)cc5c4sc4c(-c6ccccc6)cccc45)n3)cc2)cc1. The van der Waals surface area contributed by atoms with E-state index in [1.165, 1.54) is 43.3 Å². The van der Waals surface area contributed by atoms with Crippen molar-refractivity contribution in [3.8, 4) is 124 Å². The maximum Gasteiger partial charge on any atom is 0.489 e. The van der Waals surface area contributed by atoms with Crippen LogP contribution in [0.1, 0.15) is 0 Å². The number of fused-ring (bicyclic) bond motifs is 6. The molecular formula is C90H60BClN6O2S2. The van der Waals surface area contributed by atoms with Crippen molar-refractivity contribution in [2.24, 2.45) is 0 Å². The van der Waals surface area contributed by atoms with Gasteiger partial charge in [0.1, 0.15) is 0 Å². The van der Waals surface area contributed by atoms with Crippen molar-refractivity contribution in [2.45, 2.75) is 0 Å². The molecule has 102 heavy (non-hydrogen) atoms. The van der Waals surface area contributed by atoms with Crippen molar-refractivity contribution in [1.82, 2.24) is 29.9 Å². The van der Waals surface area contributed by atoms with Crippen molar-refractivity contribution in [3.05, 3.63) is 357 Å². The van der Waals surface area contributed by atoms with E-state index < -0.39 is 7.12 Å². The fourth-order valence-corrected chi connectivity index (χ4v) is 15.7. The smallest absolute Gasteiger partial charge is 0.423 e. The van der Waals surface area contributed by atoms with Crippen LogP contribution < -0.4 is 5.46 Å². The van der Waals surface area contributed by atoms with E-state index in [0.29, 0.717) is 34.6 Å². The first kappa shape index (κ1) is 64.5. The lowest BCUT2D eigenvalue weighted by Crippen LogP contribution is -2.30. The number of aromatic nitrogens is 6. The van der Waals surface area contributed by atoms with Crippen molar-refractivity contribution < 1.29 is 10.0 Å². The number of benzene rings is 14. The minimum absolute atomic E-state index is 0.191. The van der Waals surface area contributed by atoms with Crippen LogP contribution in [-0.2, 0) is 0 Å². The van der Waals surface area contributed by atoms with Crippen molar-refractivity contribution in [1.29, 1.82) is 0 Å². The highest BCUT2D eigenvalue weighted by Crippen LogP contribution is 2.46. The van der Waals surface area contributed by atoms with Crippen LogP contribution >= 0.6 is 34.3 Å². The highest BCUT2D eigenvalue weighted by molar-refractivity contribution is 7.27. The van der Waals surface area contributed by atoms with Crippen molar-refractivity contribution in [2.75, 3.05) is 0 Å². The van der Waals surface area contributed by atoms with Gasteiger partial charge in [0.05, 0.1) is 0 Å².